The number of hydrogen-bond donors (Lipinski definition) is 1. The normalized spacial score (nSPS) is 11.4. The van der Waals surface area contributed by atoms with Gasteiger partial charge in [-0.25, -0.2) is 0 Å². The average Bonchev–Trinajstić information content (AvgIpc) is 2.78. The highest BCUT2D eigenvalue weighted by Crippen LogP contribution is 2.22. The van der Waals surface area contributed by atoms with Crippen molar-refractivity contribution in [1.82, 2.24) is 5.32 Å². The molecule has 0 bridgehead atoms. The predicted molar refractivity (Wildman–Crippen MR) is 114 cm³/mol. The molecule has 0 aliphatic carbocycles. The number of rotatable bonds is 7. The van der Waals surface area contributed by atoms with E-state index in [-0.39, 0.29) is 18.2 Å². The first-order valence-electron chi connectivity index (χ1n) is 9.65. The summed E-state index contributed by atoms with van der Waals surface area (Å²) in [4.78, 5) is 37.7. The number of hydrogen-bond acceptors (Lipinski definition) is 4. The van der Waals surface area contributed by atoms with Crippen LogP contribution in [0.4, 0.5) is 0 Å². The molecule has 5 heteroatoms. The summed E-state index contributed by atoms with van der Waals surface area (Å²) in [7, 11) is 0. The Bertz CT molecular complexity index is 1050. The fourth-order valence-electron chi connectivity index (χ4n) is 2.96. The van der Waals surface area contributed by atoms with E-state index in [4.69, 9.17) is 4.74 Å². The Balaban J connectivity index is 1.69. The van der Waals surface area contributed by atoms with Gasteiger partial charge >= 0.3 is 5.97 Å². The minimum atomic E-state index is -1.08. The summed E-state index contributed by atoms with van der Waals surface area (Å²) < 4.78 is 5.48. The van der Waals surface area contributed by atoms with Crippen molar-refractivity contribution in [2.45, 2.75) is 20.0 Å². The second kappa shape index (κ2) is 9.65. The molecule has 0 saturated carbocycles. The molecule has 1 atom stereocenters. The molecule has 0 unspecified atom stereocenters. The number of carbonyl (C=O) groups excluding carboxylic acids is 3. The molecule has 0 aliphatic heterocycles. The molecule has 5 nitrogen and oxygen atoms in total. The van der Waals surface area contributed by atoms with Crippen LogP contribution in [0.25, 0.3) is 0 Å². The first-order valence-corrected chi connectivity index (χ1v) is 9.65. The molecule has 0 aromatic heterocycles. The summed E-state index contributed by atoms with van der Waals surface area (Å²) in [6.07, 6.45) is -1.08. The van der Waals surface area contributed by atoms with E-state index in [1.807, 2.05) is 32.0 Å². The maximum atomic E-state index is 12.9. The van der Waals surface area contributed by atoms with Crippen LogP contribution in [0.1, 0.15) is 43.5 Å². The Kier molecular flexibility index (Phi) is 6.75. The predicted octanol–water partition coefficient (Wildman–Crippen LogP) is 4.20. The van der Waals surface area contributed by atoms with Crippen LogP contribution in [0.2, 0.25) is 0 Å². The minimum Gasteiger partial charge on any atom is -0.448 e. The van der Waals surface area contributed by atoms with Gasteiger partial charge in [-0.1, -0.05) is 66.7 Å². The van der Waals surface area contributed by atoms with Crippen LogP contribution in [0.15, 0.2) is 78.9 Å². The van der Waals surface area contributed by atoms with Crippen LogP contribution in [0, 0.1) is 13.8 Å². The van der Waals surface area contributed by atoms with Gasteiger partial charge in [0, 0.05) is 16.7 Å². The fourth-order valence-corrected chi connectivity index (χ4v) is 2.96. The van der Waals surface area contributed by atoms with Crippen LogP contribution in [-0.4, -0.2) is 24.2 Å². The Morgan fingerprint density at radius 3 is 2.07 bits per heavy atom. The maximum Gasteiger partial charge on any atom is 0.326 e. The summed E-state index contributed by atoms with van der Waals surface area (Å²) in [5.41, 5.74) is 3.54. The minimum absolute atomic E-state index is 0.323. The highest BCUT2D eigenvalue weighted by molar-refractivity contribution is 6.01. The average molecular weight is 401 g/mol. The van der Waals surface area contributed by atoms with Gasteiger partial charge in [0.05, 0.1) is 0 Å². The Morgan fingerprint density at radius 2 is 1.43 bits per heavy atom. The van der Waals surface area contributed by atoms with Gasteiger partial charge in [0.2, 0.25) is 5.78 Å². The molecule has 152 valence electrons. The lowest BCUT2D eigenvalue weighted by Crippen LogP contribution is -2.32. The van der Waals surface area contributed by atoms with E-state index in [1.165, 1.54) is 0 Å². The van der Waals surface area contributed by atoms with Crippen molar-refractivity contribution in [1.29, 1.82) is 0 Å². The molecule has 1 amide bonds. The van der Waals surface area contributed by atoms with Crippen molar-refractivity contribution in [2.24, 2.45) is 0 Å². The number of esters is 1. The molecule has 0 aliphatic rings. The molecule has 0 saturated heterocycles. The number of carbonyl (C=O) groups is 3. The zero-order valence-corrected chi connectivity index (χ0v) is 16.9. The lowest BCUT2D eigenvalue weighted by Gasteiger charge is -2.18. The van der Waals surface area contributed by atoms with E-state index >= 15 is 0 Å². The van der Waals surface area contributed by atoms with E-state index in [1.54, 1.807) is 60.7 Å². The molecule has 0 heterocycles. The van der Waals surface area contributed by atoms with E-state index < -0.39 is 12.1 Å². The summed E-state index contributed by atoms with van der Waals surface area (Å²) in [5, 5.41) is 2.56. The standard InChI is InChI=1S/C25H23NO4/c1-17-13-14-21(15-18(17)2)25(29)26-16-22(27)30-24(20-11-7-4-8-12-20)23(28)19-9-5-3-6-10-19/h3-15,24H,16H2,1-2H3,(H,26,29)/t24-/m0/s1. The third-order valence-electron chi connectivity index (χ3n) is 4.81. The molecule has 0 radical (unpaired) electrons. The SMILES string of the molecule is Cc1ccc(C(=O)NCC(=O)O[C@H](C(=O)c2ccccc2)c2ccccc2)cc1C. The largest absolute Gasteiger partial charge is 0.448 e. The van der Waals surface area contributed by atoms with Gasteiger partial charge < -0.3 is 10.1 Å². The van der Waals surface area contributed by atoms with Gasteiger partial charge in [-0.2, -0.15) is 0 Å². The molecule has 3 aromatic carbocycles. The van der Waals surface area contributed by atoms with Crippen molar-refractivity contribution >= 4 is 17.7 Å². The fraction of sp³-hybridized carbons (Fsp3) is 0.160. The highest BCUT2D eigenvalue weighted by atomic mass is 16.5. The summed E-state index contributed by atoms with van der Waals surface area (Å²) in [6, 6.07) is 22.8. The molecular formula is C25H23NO4. The van der Waals surface area contributed by atoms with Crippen LogP contribution in [0.5, 0.6) is 0 Å². The molecule has 30 heavy (non-hydrogen) atoms. The van der Waals surface area contributed by atoms with E-state index in [9.17, 15) is 14.4 Å². The van der Waals surface area contributed by atoms with E-state index in [2.05, 4.69) is 5.32 Å². The van der Waals surface area contributed by atoms with Gasteiger partial charge in [-0.05, 0) is 37.1 Å². The third-order valence-corrected chi connectivity index (χ3v) is 4.81. The Morgan fingerprint density at radius 1 is 0.800 bits per heavy atom. The molecule has 3 aromatic rings. The monoisotopic (exact) mass is 401 g/mol. The Labute approximate surface area is 175 Å². The van der Waals surface area contributed by atoms with Gasteiger partial charge in [-0.15, -0.1) is 0 Å². The van der Waals surface area contributed by atoms with Crippen LogP contribution < -0.4 is 5.32 Å². The number of amides is 1. The summed E-state index contributed by atoms with van der Waals surface area (Å²) in [5.74, 6) is -1.39. The van der Waals surface area contributed by atoms with Crippen molar-refractivity contribution < 1.29 is 19.1 Å². The summed E-state index contributed by atoms with van der Waals surface area (Å²) in [6.45, 7) is 3.54. The number of benzene rings is 3. The number of aryl methyl sites for hydroxylation is 2. The first-order chi connectivity index (χ1) is 14.5. The van der Waals surface area contributed by atoms with E-state index in [0.717, 1.165) is 11.1 Å². The number of ketones is 1. The molecule has 0 spiro atoms. The molecule has 3 rings (SSSR count). The zero-order valence-electron chi connectivity index (χ0n) is 16.9. The second-order valence-corrected chi connectivity index (χ2v) is 6.99. The van der Waals surface area contributed by atoms with Crippen LogP contribution >= 0.6 is 0 Å². The van der Waals surface area contributed by atoms with Gasteiger partial charge in [0.15, 0.2) is 6.10 Å². The zero-order chi connectivity index (χ0) is 21.5. The first kappa shape index (κ1) is 21.0. The number of nitrogens with one attached hydrogen (secondary N) is 1. The Hall–Kier alpha value is -3.73. The van der Waals surface area contributed by atoms with Crippen molar-refractivity contribution in [3.05, 3.63) is 107 Å². The van der Waals surface area contributed by atoms with Crippen molar-refractivity contribution in [3.8, 4) is 0 Å². The number of ether oxygens (including phenoxy) is 1. The van der Waals surface area contributed by atoms with Crippen LogP contribution in [0.3, 0.4) is 0 Å². The third kappa shape index (κ3) is 5.20. The van der Waals surface area contributed by atoms with Gasteiger partial charge in [0.25, 0.3) is 5.91 Å². The molecular weight excluding hydrogens is 378 g/mol. The lowest BCUT2D eigenvalue weighted by atomic mass is 10.00. The molecule has 0 fully saturated rings. The quantitative estimate of drug-likeness (QED) is 0.476. The second-order valence-electron chi connectivity index (χ2n) is 6.99. The van der Waals surface area contributed by atoms with Crippen LogP contribution in [-0.2, 0) is 9.53 Å². The van der Waals surface area contributed by atoms with Crippen molar-refractivity contribution in [2.75, 3.05) is 6.54 Å². The van der Waals surface area contributed by atoms with Gasteiger partial charge in [-0.3, -0.25) is 14.4 Å². The van der Waals surface area contributed by atoms with Crippen molar-refractivity contribution in [3.63, 3.8) is 0 Å². The topological polar surface area (TPSA) is 72.5 Å². The maximum absolute atomic E-state index is 12.9. The highest BCUT2D eigenvalue weighted by Gasteiger charge is 2.26. The summed E-state index contributed by atoms with van der Waals surface area (Å²) >= 11 is 0. The molecule has 1 N–H and O–H groups in total. The van der Waals surface area contributed by atoms with Gasteiger partial charge in [0.1, 0.15) is 6.54 Å². The lowest BCUT2D eigenvalue weighted by molar-refractivity contribution is -0.146. The number of Topliss-reactive ketones (excluding diaryl/α,β-unsaturated/α-hetero) is 1. The smallest absolute Gasteiger partial charge is 0.326 e. The van der Waals surface area contributed by atoms with E-state index in [0.29, 0.717) is 16.7 Å².